The molecular weight excluding hydrogens is 536 g/mol. The van der Waals surface area contributed by atoms with Crippen LogP contribution in [0.15, 0.2) is 85.1 Å². The summed E-state index contributed by atoms with van der Waals surface area (Å²) in [5.41, 5.74) is 5.13. The van der Waals surface area contributed by atoms with Gasteiger partial charge in [-0.3, -0.25) is 0 Å². The van der Waals surface area contributed by atoms with Crippen molar-refractivity contribution in [2.75, 3.05) is 37.8 Å². The Hall–Kier alpha value is -4.96. The van der Waals surface area contributed by atoms with E-state index in [1.54, 1.807) is 36.5 Å². The average Bonchev–Trinajstić information content (AvgIpc) is 3.35. The first kappa shape index (κ1) is 27.2. The molecule has 0 unspecified atom stereocenters. The highest BCUT2D eigenvalue weighted by Gasteiger charge is 2.30. The number of alkyl carbamates (subject to hydrolysis) is 1. The van der Waals surface area contributed by atoms with Gasteiger partial charge in [0.15, 0.2) is 0 Å². The van der Waals surface area contributed by atoms with Crippen molar-refractivity contribution in [3.8, 4) is 22.8 Å². The molecule has 0 spiro atoms. The highest BCUT2D eigenvalue weighted by atomic mass is 16.5. The predicted octanol–water partition coefficient (Wildman–Crippen LogP) is 4.64. The Morgan fingerprint density at radius 2 is 1.62 bits per heavy atom. The summed E-state index contributed by atoms with van der Waals surface area (Å²) in [6.45, 7) is 2.79. The number of rotatable bonds is 9. The number of carboxylic acids is 1. The largest absolute Gasteiger partial charge is 0.480 e. The van der Waals surface area contributed by atoms with Crippen molar-refractivity contribution in [2.24, 2.45) is 0 Å². The second-order valence-corrected chi connectivity index (χ2v) is 10.1. The number of fused-ring (bicyclic) bond motifs is 3. The van der Waals surface area contributed by atoms with E-state index >= 15 is 0 Å². The third-order valence-electron chi connectivity index (χ3n) is 7.43. The molecular formula is C32H30N4O6. The number of aliphatic carboxylic acids is 1. The maximum Gasteiger partial charge on any atom is 0.407 e. The minimum Gasteiger partial charge on any atom is -0.480 e. The third kappa shape index (κ3) is 6.03. The van der Waals surface area contributed by atoms with Gasteiger partial charge in [0, 0.05) is 37.7 Å². The highest BCUT2D eigenvalue weighted by molar-refractivity contribution is 5.81. The number of aromatic nitrogens is 2. The Kier molecular flexibility index (Phi) is 7.96. The minimum atomic E-state index is -1.16. The summed E-state index contributed by atoms with van der Waals surface area (Å²) in [7, 11) is 0. The quantitative estimate of drug-likeness (QED) is 0.298. The van der Waals surface area contributed by atoms with Crippen LogP contribution in [0.4, 0.5) is 10.7 Å². The molecule has 0 radical (unpaired) electrons. The summed E-state index contributed by atoms with van der Waals surface area (Å²) in [6, 6.07) is 23.6. The fraction of sp³-hybridized carbons (Fsp3) is 0.250. The molecule has 0 bridgehead atoms. The Morgan fingerprint density at radius 1 is 0.952 bits per heavy atom. The number of benzene rings is 3. The van der Waals surface area contributed by atoms with Crippen molar-refractivity contribution in [1.29, 1.82) is 0 Å². The topological polar surface area (TPSA) is 123 Å². The number of amides is 1. The van der Waals surface area contributed by atoms with Crippen molar-refractivity contribution in [3.63, 3.8) is 0 Å². The zero-order valence-corrected chi connectivity index (χ0v) is 22.8. The van der Waals surface area contributed by atoms with Gasteiger partial charge < -0.3 is 29.5 Å². The van der Waals surface area contributed by atoms with Crippen LogP contribution in [0.25, 0.3) is 11.1 Å². The van der Waals surface area contributed by atoms with Crippen LogP contribution in [0.5, 0.6) is 11.6 Å². The first-order chi connectivity index (χ1) is 20.5. The Balaban J connectivity index is 1.05. The maximum absolute atomic E-state index is 12.7. The van der Waals surface area contributed by atoms with E-state index in [0.717, 1.165) is 22.3 Å². The third-order valence-corrected chi connectivity index (χ3v) is 7.43. The van der Waals surface area contributed by atoms with Gasteiger partial charge in [0.05, 0.1) is 13.2 Å². The summed E-state index contributed by atoms with van der Waals surface area (Å²) in [4.78, 5) is 35.5. The van der Waals surface area contributed by atoms with Crippen LogP contribution in [0, 0.1) is 0 Å². The van der Waals surface area contributed by atoms with Crippen LogP contribution in [0.1, 0.15) is 22.6 Å². The van der Waals surface area contributed by atoms with E-state index in [1.165, 1.54) is 0 Å². The number of ether oxygens (including phenoxy) is 3. The standard InChI is InChI=1S/C32H30N4O6/c37-30(38)28(34-32(39)41-20-27-25-7-3-1-5-23(25)24-6-2-4-8-26(24)27)19-21-9-11-22(12-10-21)42-29-13-14-33-31(35-29)36-15-17-40-18-16-36/h1-14,27-28H,15-20H2,(H,34,39)(H,37,38)/t28-/m0/s1. The Bertz CT molecular complexity index is 1530. The molecule has 214 valence electrons. The van der Waals surface area contributed by atoms with Crippen molar-refractivity contribution in [2.45, 2.75) is 18.4 Å². The average molecular weight is 567 g/mol. The van der Waals surface area contributed by atoms with Gasteiger partial charge in [-0.1, -0.05) is 60.7 Å². The molecule has 42 heavy (non-hydrogen) atoms. The van der Waals surface area contributed by atoms with Crippen molar-refractivity contribution in [1.82, 2.24) is 15.3 Å². The molecule has 10 nitrogen and oxygen atoms in total. The van der Waals surface area contributed by atoms with E-state index in [4.69, 9.17) is 14.2 Å². The predicted molar refractivity (Wildman–Crippen MR) is 155 cm³/mol. The van der Waals surface area contributed by atoms with Gasteiger partial charge in [0.25, 0.3) is 0 Å². The number of nitrogens with zero attached hydrogens (tertiary/aromatic N) is 3. The van der Waals surface area contributed by atoms with Gasteiger partial charge in [0.1, 0.15) is 18.4 Å². The molecule has 1 aliphatic heterocycles. The second-order valence-electron chi connectivity index (χ2n) is 10.1. The lowest BCUT2D eigenvalue weighted by atomic mass is 9.98. The van der Waals surface area contributed by atoms with Gasteiger partial charge in [-0.25, -0.2) is 14.6 Å². The van der Waals surface area contributed by atoms with Crippen LogP contribution < -0.4 is 15.0 Å². The lowest BCUT2D eigenvalue weighted by Crippen LogP contribution is -2.42. The van der Waals surface area contributed by atoms with Gasteiger partial charge in [-0.2, -0.15) is 4.98 Å². The van der Waals surface area contributed by atoms with Gasteiger partial charge in [-0.15, -0.1) is 0 Å². The van der Waals surface area contributed by atoms with Crippen LogP contribution in [-0.4, -0.2) is 66.1 Å². The van der Waals surface area contributed by atoms with E-state index in [9.17, 15) is 14.7 Å². The zero-order chi connectivity index (χ0) is 28.9. The highest BCUT2D eigenvalue weighted by Crippen LogP contribution is 2.44. The minimum absolute atomic E-state index is 0.0779. The zero-order valence-electron chi connectivity index (χ0n) is 22.8. The molecule has 2 N–H and O–H groups in total. The number of anilines is 1. The maximum atomic E-state index is 12.7. The van der Waals surface area contributed by atoms with Gasteiger partial charge >= 0.3 is 12.1 Å². The van der Waals surface area contributed by atoms with E-state index in [0.29, 0.717) is 49.4 Å². The fourth-order valence-electron chi connectivity index (χ4n) is 5.34. The molecule has 1 atom stereocenters. The number of carbonyl (C=O) groups excluding carboxylic acids is 1. The lowest BCUT2D eigenvalue weighted by molar-refractivity contribution is -0.139. The lowest BCUT2D eigenvalue weighted by Gasteiger charge is -2.26. The van der Waals surface area contributed by atoms with E-state index in [2.05, 4.69) is 27.4 Å². The van der Waals surface area contributed by atoms with Crippen LogP contribution in [-0.2, 0) is 20.7 Å². The fourth-order valence-corrected chi connectivity index (χ4v) is 5.34. The molecule has 3 aromatic carbocycles. The van der Waals surface area contributed by atoms with Crippen molar-refractivity contribution in [3.05, 3.63) is 102 Å². The number of hydrogen-bond acceptors (Lipinski definition) is 8. The smallest absolute Gasteiger partial charge is 0.407 e. The molecule has 0 saturated carbocycles. The second kappa shape index (κ2) is 12.3. The first-order valence-electron chi connectivity index (χ1n) is 13.8. The summed E-state index contributed by atoms with van der Waals surface area (Å²) in [5, 5.41) is 12.3. The number of carboxylic acid groups (broad SMARTS) is 1. The Labute approximate surface area is 242 Å². The summed E-state index contributed by atoms with van der Waals surface area (Å²) >= 11 is 0. The molecule has 1 saturated heterocycles. The first-order valence-corrected chi connectivity index (χ1v) is 13.8. The van der Waals surface area contributed by atoms with E-state index < -0.39 is 18.1 Å². The van der Waals surface area contributed by atoms with Crippen molar-refractivity contribution < 1.29 is 28.9 Å². The van der Waals surface area contributed by atoms with Gasteiger partial charge in [-0.05, 0) is 39.9 Å². The number of nitrogens with one attached hydrogen (secondary N) is 1. The molecule has 2 aliphatic rings. The van der Waals surface area contributed by atoms with E-state index in [-0.39, 0.29) is 18.9 Å². The molecule has 1 fully saturated rings. The molecule has 1 aromatic heterocycles. The number of morpholine rings is 1. The molecule has 2 heterocycles. The van der Waals surface area contributed by atoms with Crippen molar-refractivity contribution >= 4 is 18.0 Å². The molecule has 1 aliphatic carbocycles. The van der Waals surface area contributed by atoms with Crippen LogP contribution in [0.3, 0.4) is 0 Å². The summed E-state index contributed by atoms with van der Waals surface area (Å²) < 4.78 is 16.8. The molecule has 4 aromatic rings. The number of hydrogen-bond donors (Lipinski definition) is 2. The van der Waals surface area contributed by atoms with Crippen LogP contribution >= 0.6 is 0 Å². The van der Waals surface area contributed by atoms with Crippen LogP contribution in [0.2, 0.25) is 0 Å². The normalized spacial score (nSPS) is 14.9. The molecule has 6 rings (SSSR count). The SMILES string of the molecule is O=C(N[C@@H](Cc1ccc(Oc2ccnc(N3CCOCC3)n2)cc1)C(=O)O)OCC1c2ccccc2-c2ccccc21. The Morgan fingerprint density at radius 3 is 2.29 bits per heavy atom. The van der Waals surface area contributed by atoms with Gasteiger partial charge in [0.2, 0.25) is 11.8 Å². The summed E-state index contributed by atoms with van der Waals surface area (Å²) in [6.07, 6.45) is 0.951. The summed E-state index contributed by atoms with van der Waals surface area (Å²) in [5.74, 6) is 0.261. The molecule has 1 amide bonds. The van der Waals surface area contributed by atoms with E-state index in [1.807, 2.05) is 41.3 Å². The molecule has 10 heteroatoms. The monoisotopic (exact) mass is 566 g/mol. The number of carbonyl (C=O) groups is 2.